The quantitative estimate of drug-likeness (QED) is 0.388. The molecule has 0 atom stereocenters. The predicted octanol–water partition coefficient (Wildman–Crippen LogP) is 3.87. The van der Waals surface area contributed by atoms with E-state index >= 15 is 0 Å². The van der Waals surface area contributed by atoms with Gasteiger partial charge in [-0.2, -0.15) is 10.4 Å². The highest BCUT2D eigenvalue weighted by Crippen LogP contribution is 2.28. The van der Waals surface area contributed by atoms with Crippen molar-refractivity contribution in [3.63, 3.8) is 0 Å². The first kappa shape index (κ1) is 18.4. The molecule has 0 aliphatic heterocycles. The second kappa shape index (κ2) is 8.79. The van der Waals surface area contributed by atoms with Gasteiger partial charge in [0, 0.05) is 18.3 Å². The molecule has 0 aliphatic carbocycles. The van der Waals surface area contributed by atoms with E-state index in [1.165, 1.54) is 0 Å². The first-order valence-corrected chi connectivity index (χ1v) is 9.25. The van der Waals surface area contributed by atoms with Crippen molar-refractivity contribution in [1.29, 1.82) is 5.26 Å². The van der Waals surface area contributed by atoms with Crippen molar-refractivity contribution in [3.05, 3.63) is 83.4 Å². The van der Waals surface area contributed by atoms with Gasteiger partial charge in [-0.3, -0.25) is 9.48 Å². The Morgan fingerprint density at radius 3 is 2.78 bits per heavy atom. The van der Waals surface area contributed by atoms with Gasteiger partial charge in [0.15, 0.2) is 0 Å². The molecule has 3 rings (SSSR count). The monoisotopic (exact) mass is 374 g/mol. The summed E-state index contributed by atoms with van der Waals surface area (Å²) in [6, 6.07) is 15.9. The lowest BCUT2D eigenvalue weighted by Crippen LogP contribution is -2.24. The molecular weight excluding hydrogens is 356 g/mol. The van der Waals surface area contributed by atoms with E-state index in [0.717, 1.165) is 21.7 Å². The van der Waals surface area contributed by atoms with Crippen molar-refractivity contribution >= 4 is 23.3 Å². The lowest BCUT2D eigenvalue weighted by molar-refractivity contribution is -0.116. The average Bonchev–Trinajstić information content (AvgIpc) is 3.34. The van der Waals surface area contributed by atoms with Crippen LogP contribution in [0, 0.1) is 11.3 Å². The maximum Gasteiger partial charge on any atom is 0.262 e. The summed E-state index contributed by atoms with van der Waals surface area (Å²) in [5, 5.41) is 18.7. The Morgan fingerprint density at radius 1 is 1.30 bits per heavy atom. The van der Waals surface area contributed by atoms with Gasteiger partial charge in [-0.15, -0.1) is 17.9 Å². The number of carbonyl (C=O) groups is 1. The van der Waals surface area contributed by atoms with Crippen molar-refractivity contribution in [2.24, 2.45) is 0 Å². The Bertz CT molecular complexity index is 995. The first-order valence-electron chi connectivity index (χ1n) is 8.37. The fourth-order valence-corrected chi connectivity index (χ4v) is 3.29. The third kappa shape index (κ3) is 4.60. The summed E-state index contributed by atoms with van der Waals surface area (Å²) >= 11 is 1.56. The zero-order chi connectivity index (χ0) is 19.1. The molecule has 0 radical (unpaired) electrons. The second-order valence-corrected chi connectivity index (χ2v) is 6.71. The van der Waals surface area contributed by atoms with Gasteiger partial charge in [0.1, 0.15) is 17.3 Å². The van der Waals surface area contributed by atoms with Gasteiger partial charge < -0.3 is 5.32 Å². The fourth-order valence-electron chi connectivity index (χ4n) is 2.56. The molecule has 2 aromatic heterocycles. The van der Waals surface area contributed by atoms with Crippen LogP contribution in [0.3, 0.4) is 0 Å². The lowest BCUT2D eigenvalue weighted by atomic mass is 10.1. The number of hydrogen-bond acceptors (Lipinski definition) is 4. The Morgan fingerprint density at radius 2 is 2.11 bits per heavy atom. The van der Waals surface area contributed by atoms with Crippen LogP contribution in [0.5, 0.6) is 0 Å². The van der Waals surface area contributed by atoms with Gasteiger partial charge >= 0.3 is 0 Å². The van der Waals surface area contributed by atoms with Crippen LogP contribution in [-0.2, 0) is 11.3 Å². The number of benzene rings is 1. The maximum absolute atomic E-state index is 12.2. The van der Waals surface area contributed by atoms with Crippen LogP contribution < -0.4 is 5.32 Å². The third-order valence-corrected chi connectivity index (χ3v) is 4.68. The number of nitrogens with zero attached hydrogens (tertiary/aromatic N) is 3. The van der Waals surface area contributed by atoms with Gasteiger partial charge in [-0.05, 0) is 23.1 Å². The van der Waals surface area contributed by atoms with E-state index < -0.39 is 5.91 Å². The third-order valence-electron chi connectivity index (χ3n) is 3.80. The Kier molecular flexibility index (Phi) is 5.98. The summed E-state index contributed by atoms with van der Waals surface area (Å²) in [5.74, 6) is -0.426. The molecular formula is C21H18N4OS. The van der Waals surface area contributed by atoms with Crippen molar-refractivity contribution in [1.82, 2.24) is 15.1 Å². The smallest absolute Gasteiger partial charge is 0.262 e. The molecule has 0 spiro atoms. The van der Waals surface area contributed by atoms with Gasteiger partial charge in [0.2, 0.25) is 0 Å². The molecule has 1 N–H and O–H groups in total. The van der Waals surface area contributed by atoms with Crippen LogP contribution in [-0.4, -0.2) is 22.2 Å². The van der Waals surface area contributed by atoms with Crippen molar-refractivity contribution in [2.75, 3.05) is 6.54 Å². The van der Waals surface area contributed by atoms with E-state index in [1.807, 2.05) is 64.8 Å². The molecule has 1 amide bonds. The molecule has 134 valence electrons. The number of rotatable bonds is 7. The highest BCUT2D eigenvalue weighted by atomic mass is 32.1. The van der Waals surface area contributed by atoms with E-state index in [0.29, 0.717) is 13.1 Å². The van der Waals surface area contributed by atoms with Crippen molar-refractivity contribution in [3.8, 4) is 16.6 Å². The summed E-state index contributed by atoms with van der Waals surface area (Å²) in [7, 11) is 0. The predicted molar refractivity (Wildman–Crippen MR) is 108 cm³/mol. The topological polar surface area (TPSA) is 70.7 Å². The largest absolute Gasteiger partial charge is 0.348 e. The maximum atomic E-state index is 12.2. The number of thiophene rings is 1. The molecule has 27 heavy (non-hydrogen) atoms. The standard InChI is InChI=1S/C21H18N4OS/c1-2-10-23-21(26)17(13-22)12-18-15-25(14-16-7-4-3-5-8-16)24-20(18)19-9-6-11-27-19/h2-9,11-12,15H,1,10,14H2,(H,23,26)/b17-12+. The van der Waals surface area contributed by atoms with Crippen LogP contribution in [0.15, 0.2) is 72.3 Å². The minimum Gasteiger partial charge on any atom is -0.348 e. The van der Waals surface area contributed by atoms with Gasteiger partial charge in [0.05, 0.1) is 11.4 Å². The highest BCUT2D eigenvalue weighted by Gasteiger charge is 2.14. The van der Waals surface area contributed by atoms with E-state index in [4.69, 9.17) is 0 Å². The van der Waals surface area contributed by atoms with Gasteiger partial charge in [0.25, 0.3) is 5.91 Å². The molecule has 3 aromatic rings. The van der Waals surface area contributed by atoms with E-state index in [9.17, 15) is 10.1 Å². The molecule has 0 saturated carbocycles. The molecule has 6 heteroatoms. The van der Waals surface area contributed by atoms with Gasteiger partial charge in [-0.25, -0.2) is 0 Å². The molecule has 0 aliphatic rings. The minimum atomic E-state index is -0.426. The number of amides is 1. The van der Waals surface area contributed by atoms with Crippen LogP contribution in [0.25, 0.3) is 16.6 Å². The molecule has 0 fully saturated rings. The molecule has 1 aromatic carbocycles. The summed E-state index contributed by atoms with van der Waals surface area (Å²) in [6.07, 6.45) is 5.02. The minimum absolute atomic E-state index is 0.0360. The number of nitriles is 1. The van der Waals surface area contributed by atoms with Gasteiger partial charge in [-0.1, -0.05) is 42.5 Å². The SMILES string of the molecule is C=CCNC(=O)/C(C#N)=C/c1cn(Cc2ccccc2)nc1-c1cccs1. The van der Waals surface area contributed by atoms with E-state index in [-0.39, 0.29) is 5.57 Å². The number of aromatic nitrogens is 2. The number of nitrogens with one attached hydrogen (secondary N) is 1. The summed E-state index contributed by atoms with van der Waals surface area (Å²) in [4.78, 5) is 13.1. The van der Waals surface area contributed by atoms with E-state index in [2.05, 4.69) is 17.0 Å². The molecule has 0 bridgehead atoms. The Hall–Kier alpha value is -3.43. The summed E-state index contributed by atoms with van der Waals surface area (Å²) < 4.78 is 1.83. The Balaban J connectivity index is 1.97. The van der Waals surface area contributed by atoms with E-state index in [1.54, 1.807) is 23.5 Å². The van der Waals surface area contributed by atoms with Crippen LogP contribution >= 0.6 is 11.3 Å². The molecule has 0 unspecified atom stereocenters. The molecule has 2 heterocycles. The lowest BCUT2D eigenvalue weighted by Gasteiger charge is -2.00. The summed E-state index contributed by atoms with van der Waals surface area (Å²) in [5.41, 5.74) is 2.65. The molecule has 0 saturated heterocycles. The van der Waals surface area contributed by atoms with Crippen LogP contribution in [0.1, 0.15) is 11.1 Å². The zero-order valence-corrected chi connectivity index (χ0v) is 15.4. The van der Waals surface area contributed by atoms with Crippen molar-refractivity contribution < 1.29 is 4.79 Å². The second-order valence-electron chi connectivity index (χ2n) is 5.76. The van der Waals surface area contributed by atoms with Crippen LogP contribution in [0.2, 0.25) is 0 Å². The van der Waals surface area contributed by atoms with Crippen molar-refractivity contribution in [2.45, 2.75) is 6.54 Å². The normalized spacial score (nSPS) is 11.0. The fraction of sp³-hybridized carbons (Fsp3) is 0.0952. The zero-order valence-electron chi connectivity index (χ0n) is 14.6. The van der Waals surface area contributed by atoms with Crippen LogP contribution in [0.4, 0.5) is 0 Å². The number of hydrogen-bond donors (Lipinski definition) is 1. The summed E-state index contributed by atoms with van der Waals surface area (Å²) in [6.45, 7) is 4.48. The number of carbonyl (C=O) groups excluding carboxylic acids is 1. The first-order chi connectivity index (χ1) is 13.2. The average molecular weight is 374 g/mol. The Labute approximate surface area is 161 Å². The molecule has 5 nitrogen and oxygen atoms in total. The highest BCUT2D eigenvalue weighted by molar-refractivity contribution is 7.13.